The molecule has 2 aliphatic rings. The Labute approximate surface area is 189 Å². The maximum atomic E-state index is 13.5. The van der Waals surface area contributed by atoms with E-state index in [1.54, 1.807) is 0 Å². The van der Waals surface area contributed by atoms with Crippen LogP contribution in [-0.2, 0) is 12.7 Å². The molecule has 8 nitrogen and oxygen atoms in total. The minimum absolute atomic E-state index is 0.0746. The molecule has 2 N–H and O–H groups in total. The summed E-state index contributed by atoms with van der Waals surface area (Å²) in [4.78, 5) is 16.0. The summed E-state index contributed by atoms with van der Waals surface area (Å²) in [6.45, 7) is -0.0517. The van der Waals surface area contributed by atoms with Crippen molar-refractivity contribution in [3.63, 3.8) is 0 Å². The van der Waals surface area contributed by atoms with Crippen molar-refractivity contribution in [2.75, 3.05) is 11.9 Å². The number of halogens is 6. The van der Waals surface area contributed by atoms with Crippen molar-refractivity contribution in [1.29, 1.82) is 0 Å². The molecule has 2 fully saturated rings. The fraction of sp³-hybridized carbons (Fsp3) is 0.526. The molecule has 3 aromatic heterocycles. The highest BCUT2D eigenvalue weighted by Gasteiger charge is 2.47. The van der Waals surface area contributed by atoms with Crippen LogP contribution in [0.15, 0.2) is 18.6 Å². The molecule has 3 aromatic rings. The molecule has 1 saturated carbocycles. The number of nitrogens with zero attached hydrogens (tertiary/aromatic N) is 6. The summed E-state index contributed by atoms with van der Waals surface area (Å²) in [5, 5.41) is 10.1. The van der Waals surface area contributed by atoms with Crippen LogP contribution in [0, 0.1) is 11.8 Å². The van der Waals surface area contributed by atoms with Gasteiger partial charge in [-0.2, -0.15) is 18.3 Å². The predicted molar refractivity (Wildman–Crippen MR) is 108 cm³/mol. The van der Waals surface area contributed by atoms with E-state index >= 15 is 0 Å². The molecule has 4 atom stereocenters. The summed E-state index contributed by atoms with van der Waals surface area (Å²) in [5.74, 6) is 0.424. The molecule has 176 valence electrons. The summed E-state index contributed by atoms with van der Waals surface area (Å²) >= 11 is 5.81. The zero-order valence-electron chi connectivity index (χ0n) is 16.9. The topological polar surface area (TPSA) is 93.4 Å². The van der Waals surface area contributed by atoms with Gasteiger partial charge in [-0.1, -0.05) is 0 Å². The number of hydrogen-bond acceptors (Lipinski definition) is 7. The SMILES string of the molecule is FC(F)Cn1ncc2ncc(N[C@H]3C[C@@H]4CN[C@H](c5nc(Cl)ncc5C(F)(F)F)[C@H]4C3)nc21. The van der Waals surface area contributed by atoms with Crippen LogP contribution in [-0.4, -0.2) is 48.7 Å². The highest BCUT2D eigenvalue weighted by Crippen LogP contribution is 2.47. The summed E-state index contributed by atoms with van der Waals surface area (Å²) in [5.41, 5.74) is -0.407. The molecule has 5 rings (SSSR count). The van der Waals surface area contributed by atoms with Gasteiger partial charge in [0.15, 0.2) is 5.65 Å². The summed E-state index contributed by atoms with van der Waals surface area (Å²) < 4.78 is 67.2. The Bertz CT molecular complexity index is 1170. The van der Waals surface area contributed by atoms with Crippen LogP contribution in [0.5, 0.6) is 0 Å². The normalized spacial score (nSPS) is 25.2. The van der Waals surface area contributed by atoms with Crippen LogP contribution in [0.1, 0.15) is 30.1 Å². The lowest BCUT2D eigenvalue weighted by atomic mass is 9.90. The van der Waals surface area contributed by atoms with Crippen molar-refractivity contribution in [3.05, 3.63) is 35.1 Å². The van der Waals surface area contributed by atoms with E-state index in [0.717, 1.165) is 10.9 Å². The van der Waals surface area contributed by atoms with E-state index in [2.05, 4.69) is 35.7 Å². The van der Waals surface area contributed by atoms with Crippen LogP contribution in [0.3, 0.4) is 0 Å². The molecule has 1 saturated heterocycles. The number of nitrogens with one attached hydrogen (secondary N) is 2. The molecule has 0 radical (unpaired) electrons. The predicted octanol–water partition coefficient (Wildman–Crippen LogP) is 3.70. The third-order valence-corrected chi connectivity index (χ3v) is 6.36. The largest absolute Gasteiger partial charge is 0.419 e. The molecule has 0 spiro atoms. The van der Waals surface area contributed by atoms with Crippen LogP contribution in [0.25, 0.3) is 11.2 Å². The van der Waals surface area contributed by atoms with Crippen molar-refractivity contribution in [2.24, 2.45) is 11.8 Å². The smallest absolute Gasteiger partial charge is 0.366 e. The highest BCUT2D eigenvalue weighted by atomic mass is 35.5. The zero-order chi connectivity index (χ0) is 23.3. The number of hydrogen-bond donors (Lipinski definition) is 2. The number of aromatic nitrogens is 6. The lowest BCUT2D eigenvalue weighted by Crippen LogP contribution is -2.26. The van der Waals surface area contributed by atoms with Crippen LogP contribution in [0.4, 0.5) is 27.8 Å². The first-order valence-electron chi connectivity index (χ1n) is 10.3. The van der Waals surface area contributed by atoms with Crippen molar-refractivity contribution < 1.29 is 22.0 Å². The van der Waals surface area contributed by atoms with Gasteiger partial charge in [-0.25, -0.2) is 33.4 Å². The first-order valence-corrected chi connectivity index (χ1v) is 10.6. The molecule has 33 heavy (non-hydrogen) atoms. The van der Waals surface area contributed by atoms with Gasteiger partial charge < -0.3 is 10.6 Å². The van der Waals surface area contributed by atoms with E-state index in [1.807, 2.05) is 0 Å². The van der Waals surface area contributed by atoms with Gasteiger partial charge in [-0.05, 0) is 42.8 Å². The minimum atomic E-state index is -4.60. The second kappa shape index (κ2) is 8.28. The lowest BCUT2D eigenvalue weighted by molar-refractivity contribution is -0.139. The zero-order valence-corrected chi connectivity index (χ0v) is 17.7. The molecular formula is C19H18ClF5N8. The second-order valence-corrected chi connectivity index (χ2v) is 8.58. The monoisotopic (exact) mass is 488 g/mol. The first-order chi connectivity index (χ1) is 15.7. The maximum absolute atomic E-state index is 13.5. The van der Waals surface area contributed by atoms with Gasteiger partial charge in [0.1, 0.15) is 17.9 Å². The number of alkyl halides is 5. The summed E-state index contributed by atoms with van der Waals surface area (Å²) in [7, 11) is 0. The molecule has 4 heterocycles. The minimum Gasteiger partial charge on any atom is -0.366 e. The third kappa shape index (κ3) is 4.31. The van der Waals surface area contributed by atoms with Crippen molar-refractivity contribution in [1.82, 2.24) is 35.0 Å². The fourth-order valence-electron chi connectivity index (χ4n) is 4.87. The van der Waals surface area contributed by atoms with E-state index in [1.165, 1.54) is 12.4 Å². The second-order valence-electron chi connectivity index (χ2n) is 8.24. The van der Waals surface area contributed by atoms with Crippen LogP contribution < -0.4 is 10.6 Å². The van der Waals surface area contributed by atoms with Crippen molar-refractivity contribution in [2.45, 2.75) is 44.1 Å². The standard InChI is InChI=1S/C19H18ClF5N8/c20-18-28-4-11(19(23,24)25)16(32-18)15-10-2-9(1-8(10)3-27-15)30-14-6-26-12-5-29-33(7-13(21)22)17(12)31-14/h4-6,8-10,13,15,27H,1-3,7H2,(H,30,31)/t8-,9+,10+,15+/m1/s1. The Hall–Kier alpha value is -2.67. The molecular weight excluding hydrogens is 471 g/mol. The molecule has 14 heteroatoms. The van der Waals surface area contributed by atoms with E-state index in [4.69, 9.17) is 11.6 Å². The van der Waals surface area contributed by atoms with Crippen LogP contribution in [0.2, 0.25) is 5.28 Å². The Morgan fingerprint density at radius 1 is 1.15 bits per heavy atom. The van der Waals surface area contributed by atoms with Gasteiger partial charge in [0.2, 0.25) is 5.28 Å². The molecule has 0 amide bonds. The Morgan fingerprint density at radius 3 is 2.73 bits per heavy atom. The Morgan fingerprint density at radius 2 is 1.97 bits per heavy atom. The van der Waals surface area contributed by atoms with Crippen LogP contribution >= 0.6 is 11.6 Å². The number of fused-ring (bicyclic) bond motifs is 2. The highest BCUT2D eigenvalue weighted by molar-refractivity contribution is 6.28. The molecule has 0 bridgehead atoms. The first kappa shape index (κ1) is 22.1. The van der Waals surface area contributed by atoms with E-state index in [-0.39, 0.29) is 34.5 Å². The van der Waals surface area contributed by atoms with Gasteiger partial charge in [0, 0.05) is 12.2 Å². The molecule has 1 aliphatic heterocycles. The fourth-order valence-corrected chi connectivity index (χ4v) is 5.01. The third-order valence-electron chi connectivity index (χ3n) is 6.17. The Balaban J connectivity index is 1.35. The van der Waals surface area contributed by atoms with Gasteiger partial charge in [-0.3, -0.25) is 0 Å². The van der Waals surface area contributed by atoms with E-state index < -0.39 is 30.8 Å². The summed E-state index contributed by atoms with van der Waals surface area (Å²) in [6, 6.07) is -0.686. The van der Waals surface area contributed by atoms with Crippen molar-refractivity contribution in [3.8, 4) is 0 Å². The molecule has 1 aliphatic carbocycles. The summed E-state index contributed by atoms with van der Waals surface area (Å²) in [6.07, 6.45) is -2.33. The van der Waals surface area contributed by atoms with Gasteiger partial charge >= 0.3 is 6.18 Å². The average Bonchev–Trinajstić information content (AvgIpc) is 3.41. The van der Waals surface area contributed by atoms with Gasteiger partial charge in [-0.15, -0.1) is 0 Å². The van der Waals surface area contributed by atoms with Crippen molar-refractivity contribution >= 4 is 28.6 Å². The van der Waals surface area contributed by atoms with E-state index in [0.29, 0.717) is 30.7 Å². The molecule has 0 aromatic carbocycles. The Kier molecular flexibility index (Phi) is 5.55. The lowest BCUT2D eigenvalue weighted by Gasteiger charge is -2.22. The van der Waals surface area contributed by atoms with Gasteiger partial charge in [0.25, 0.3) is 6.43 Å². The van der Waals surface area contributed by atoms with E-state index in [9.17, 15) is 22.0 Å². The maximum Gasteiger partial charge on any atom is 0.419 e. The quantitative estimate of drug-likeness (QED) is 0.418. The van der Waals surface area contributed by atoms with Gasteiger partial charge in [0.05, 0.1) is 29.7 Å². The molecule has 0 unspecified atom stereocenters. The number of anilines is 1. The number of rotatable bonds is 5. The average molecular weight is 489 g/mol.